The van der Waals surface area contributed by atoms with E-state index in [1.54, 1.807) is 32.8 Å². The third-order valence-corrected chi connectivity index (χ3v) is 7.84. The van der Waals surface area contributed by atoms with E-state index in [1.807, 2.05) is 17.9 Å². The zero-order valence-electron chi connectivity index (χ0n) is 23.0. The number of anilines is 2. The van der Waals surface area contributed by atoms with Crippen LogP contribution in [0.3, 0.4) is 0 Å². The summed E-state index contributed by atoms with van der Waals surface area (Å²) in [4.78, 5) is 29.1. The average Bonchev–Trinajstić information content (AvgIpc) is 3.22. The van der Waals surface area contributed by atoms with Gasteiger partial charge in [-0.3, -0.25) is 4.79 Å². The minimum atomic E-state index is -0.850. The van der Waals surface area contributed by atoms with E-state index < -0.39 is 5.97 Å². The zero-order chi connectivity index (χ0) is 27.9. The van der Waals surface area contributed by atoms with Crippen LogP contribution in [0.2, 0.25) is 5.02 Å². The summed E-state index contributed by atoms with van der Waals surface area (Å²) >= 11 is 6.40. The Balaban J connectivity index is 1.37. The first kappa shape index (κ1) is 29.1. The Kier molecular flexibility index (Phi) is 10.0. The minimum absolute atomic E-state index is 0.00247. The smallest absolute Gasteiger partial charge is 0.305 e. The number of hydrogen-bond acceptors (Lipinski definition) is 10. The van der Waals surface area contributed by atoms with Gasteiger partial charge in [-0.2, -0.15) is 0 Å². The molecule has 12 heteroatoms. The van der Waals surface area contributed by atoms with Crippen LogP contribution in [0, 0.1) is 11.8 Å². The number of methoxy groups -OCH3 is 2. The molecule has 2 aromatic rings. The molecule has 214 valence electrons. The molecule has 2 saturated heterocycles. The van der Waals surface area contributed by atoms with Crippen molar-refractivity contribution >= 4 is 29.1 Å². The van der Waals surface area contributed by atoms with Crippen molar-refractivity contribution in [2.75, 3.05) is 56.9 Å². The Morgan fingerprint density at radius 3 is 2.54 bits per heavy atom. The Morgan fingerprint density at radius 1 is 1.08 bits per heavy atom. The van der Waals surface area contributed by atoms with Crippen molar-refractivity contribution in [3.63, 3.8) is 0 Å². The summed E-state index contributed by atoms with van der Waals surface area (Å²) in [5.74, 6) is 0.983. The molecule has 39 heavy (non-hydrogen) atoms. The maximum atomic E-state index is 11.6. The van der Waals surface area contributed by atoms with Crippen molar-refractivity contribution in [3.8, 4) is 11.8 Å². The molecule has 0 saturated carbocycles. The Labute approximate surface area is 234 Å². The molecule has 4 heterocycles. The van der Waals surface area contributed by atoms with Gasteiger partial charge in [-0.25, -0.2) is 15.0 Å². The molecule has 1 N–H and O–H groups in total. The first-order valence-electron chi connectivity index (χ1n) is 13.3. The highest BCUT2D eigenvalue weighted by molar-refractivity contribution is 6.33. The van der Waals surface area contributed by atoms with Crippen molar-refractivity contribution in [2.24, 2.45) is 11.8 Å². The Bertz CT molecular complexity index is 1090. The molecule has 2 aliphatic rings. The molecular formula is C27H38ClN5O6. The number of rotatable bonds is 12. The van der Waals surface area contributed by atoms with Crippen LogP contribution in [0.15, 0.2) is 24.7 Å². The fraction of sp³-hybridized carbons (Fsp3) is 0.630. The number of aliphatic carboxylic acids is 1. The van der Waals surface area contributed by atoms with Crippen LogP contribution in [-0.2, 0) is 14.3 Å². The van der Waals surface area contributed by atoms with Crippen molar-refractivity contribution in [1.29, 1.82) is 0 Å². The molecule has 0 bridgehead atoms. The number of hydrogen-bond donors (Lipinski definition) is 1. The first-order valence-corrected chi connectivity index (χ1v) is 13.7. The van der Waals surface area contributed by atoms with Gasteiger partial charge in [0.15, 0.2) is 0 Å². The van der Waals surface area contributed by atoms with Crippen LogP contribution in [0.25, 0.3) is 0 Å². The average molecular weight is 564 g/mol. The Hall–Kier alpha value is -2.89. The predicted molar refractivity (Wildman–Crippen MR) is 147 cm³/mol. The molecule has 11 nitrogen and oxygen atoms in total. The molecule has 2 aromatic heterocycles. The van der Waals surface area contributed by atoms with Gasteiger partial charge in [0.1, 0.15) is 11.9 Å². The standard InChI is InChI=1S/C27H38ClN5O6/c1-17-15-32(21-10-25(37-4)30-12-19(21)28)7-6-22(17)39-26-14-29-24(13-31-26)33-16-23(38-9-5-8-36-3)18(2)20(33)11-27(34)35/h10,12-14,17-18,20,22-23H,5-9,11,15-16H2,1-4H3,(H,34,35). The van der Waals surface area contributed by atoms with Gasteiger partial charge in [-0.1, -0.05) is 25.4 Å². The number of carboxylic acids is 1. The number of piperidine rings is 1. The molecule has 0 amide bonds. The second kappa shape index (κ2) is 13.5. The lowest BCUT2D eigenvalue weighted by Crippen LogP contribution is -2.44. The molecule has 0 spiro atoms. The van der Waals surface area contributed by atoms with E-state index in [2.05, 4.69) is 26.8 Å². The quantitative estimate of drug-likeness (QED) is 0.382. The van der Waals surface area contributed by atoms with E-state index >= 15 is 0 Å². The molecule has 0 aliphatic carbocycles. The topological polar surface area (TPSA) is 119 Å². The SMILES string of the molecule is COCCCOC1CN(c2cnc(OC3CCN(c4cc(OC)ncc4Cl)CC3C)cn2)C(CC(=O)O)C1C. The summed E-state index contributed by atoms with van der Waals surface area (Å²) in [7, 11) is 3.25. The van der Waals surface area contributed by atoms with Crippen LogP contribution < -0.4 is 19.3 Å². The van der Waals surface area contributed by atoms with Crippen LogP contribution in [0.1, 0.15) is 33.1 Å². The number of halogens is 1. The number of carboxylic acid groups (broad SMARTS) is 1. The summed E-state index contributed by atoms with van der Waals surface area (Å²) in [6.45, 7) is 7.44. The summed E-state index contributed by atoms with van der Waals surface area (Å²) in [6.07, 6.45) is 6.35. The maximum absolute atomic E-state index is 11.6. The lowest BCUT2D eigenvalue weighted by Gasteiger charge is -2.38. The van der Waals surface area contributed by atoms with E-state index in [-0.39, 0.29) is 36.5 Å². The first-order chi connectivity index (χ1) is 18.8. The summed E-state index contributed by atoms with van der Waals surface area (Å²) in [5.41, 5.74) is 0.898. The third-order valence-electron chi connectivity index (χ3n) is 7.55. The van der Waals surface area contributed by atoms with Gasteiger partial charge < -0.3 is 33.9 Å². The second-order valence-corrected chi connectivity index (χ2v) is 10.6. The van der Waals surface area contributed by atoms with Gasteiger partial charge in [0.2, 0.25) is 11.8 Å². The summed E-state index contributed by atoms with van der Waals surface area (Å²) < 4.78 is 22.7. The van der Waals surface area contributed by atoms with Gasteiger partial charge in [-0.15, -0.1) is 0 Å². The van der Waals surface area contributed by atoms with Crippen LogP contribution >= 0.6 is 11.6 Å². The fourth-order valence-corrected chi connectivity index (χ4v) is 5.59. The van der Waals surface area contributed by atoms with E-state index in [1.165, 1.54) is 0 Å². The van der Waals surface area contributed by atoms with E-state index in [4.69, 9.17) is 30.5 Å². The highest BCUT2D eigenvalue weighted by Crippen LogP contribution is 2.34. The van der Waals surface area contributed by atoms with Crippen molar-refractivity contribution < 1.29 is 28.8 Å². The van der Waals surface area contributed by atoms with Gasteiger partial charge in [0, 0.05) is 70.3 Å². The number of carbonyl (C=O) groups is 1. The molecule has 0 radical (unpaired) electrons. The maximum Gasteiger partial charge on any atom is 0.305 e. The molecule has 5 atom stereocenters. The van der Waals surface area contributed by atoms with Gasteiger partial charge in [-0.05, 0) is 6.42 Å². The van der Waals surface area contributed by atoms with Gasteiger partial charge in [0.25, 0.3) is 0 Å². The van der Waals surface area contributed by atoms with Gasteiger partial charge in [0.05, 0.1) is 48.9 Å². The lowest BCUT2D eigenvalue weighted by atomic mass is 9.96. The van der Waals surface area contributed by atoms with Crippen molar-refractivity contribution in [3.05, 3.63) is 29.7 Å². The fourth-order valence-electron chi connectivity index (χ4n) is 5.36. The predicted octanol–water partition coefficient (Wildman–Crippen LogP) is 3.55. The van der Waals surface area contributed by atoms with Crippen LogP contribution in [0.5, 0.6) is 11.8 Å². The zero-order valence-corrected chi connectivity index (χ0v) is 23.7. The minimum Gasteiger partial charge on any atom is -0.481 e. The summed E-state index contributed by atoms with van der Waals surface area (Å²) in [6, 6.07) is 1.62. The van der Waals surface area contributed by atoms with E-state index in [0.717, 1.165) is 31.6 Å². The molecule has 2 aliphatic heterocycles. The number of pyridine rings is 1. The molecule has 5 unspecified atom stereocenters. The highest BCUT2D eigenvalue weighted by atomic mass is 35.5. The number of nitrogens with zero attached hydrogens (tertiary/aromatic N) is 5. The largest absolute Gasteiger partial charge is 0.481 e. The Morgan fingerprint density at radius 2 is 1.87 bits per heavy atom. The molecule has 2 fully saturated rings. The molecule has 4 rings (SSSR count). The third kappa shape index (κ3) is 7.20. The molecule has 0 aromatic carbocycles. The monoisotopic (exact) mass is 563 g/mol. The van der Waals surface area contributed by atoms with Gasteiger partial charge >= 0.3 is 5.97 Å². The van der Waals surface area contributed by atoms with Crippen LogP contribution in [0.4, 0.5) is 11.5 Å². The number of aromatic nitrogens is 3. The number of ether oxygens (including phenoxy) is 4. The lowest BCUT2D eigenvalue weighted by molar-refractivity contribution is -0.137. The van der Waals surface area contributed by atoms with Crippen LogP contribution in [-0.4, -0.2) is 91.3 Å². The highest BCUT2D eigenvalue weighted by Gasteiger charge is 2.41. The second-order valence-electron chi connectivity index (χ2n) is 10.2. The van der Waals surface area contributed by atoms with E-state index in [0.29, 0.717) is 42.4 Å². The van der Waals surface area contributed by atoms with Crippen molar-refractivity contribution in [2.45, 2.75) is 51.4 Å². The van der Waals surface area contributed by atoms with Crippen molar-refractivity contribution in [1.82, 2.24) is 15.0 Å². The molecular weight excluding hydrogens is 526 g/mol. The normalized spacial score (nSPS) is 25.1. The summed E-state index contributed by atoms with van der Waals surface area (Å²) in [5, 5.41) is 10.1. The van der Waals surface area contributed by atoms with E-state index in [9.17, 15) is 9.90 Å².